The van der Waals surface area contributed by atoms with Crippen molar-refractivity contribution in [2.75, 3.05) is 33.5 Å². The Balaban J connectivity index is 1.45. The Labute approximate surface area is 153 Å². The van der Waals surface area contributed by atoms with E-state index in [0.29, 0.717) is 32.0 Å². The summed E-state index contributed by atoms with van der Waals surface area (Å²) in [5, 5.41) is 3.03. The molecule has 0 atom stereocenters. The third-order valence-electron chi connectivity index (χ3n) is 4.55. The topological polar surface area (TPSA) is 80.3 Å². The zero-order chi connectivity index (χ0) is 18.5. The summed E-state index contributed by atoms with van der Waals surface area (Å²) < 4.78 is 15.7. The van der Waals surface area contributed by atoms with Crippen LogP contribution in [0.3, 0.4) is 0 Å². The first-order chi connectivity index (χ1) is 12.6. The van der Waals surface area contributed by atoms with Gasteiger partial charge in [-0.15, -0.1) is 0 Å². The molecular weight excluding hydrogens is 338 g/mol. The second-order valence-corrected chi connectivity index (χ2v) is 6.45. The number of piperidine rings is 1. The van der Waals surface area contributed by atoms with Crippen LogP contribution in [-0.2, 0) is 11.3 Å². The fourth-order valence-electron chi connectivity index (χ4n) is 3.09. The van der Waals surface area contributed by atoms with E-state index < -0.39 is 0 Å². The largest absolute Gasteiger partial charge is 0.454 e. The van der Waals surface area contributed by atoms with Crippen LogP contribution in [0.5, 0.6) is 11.5 Å². The number of ether oxygens (including phenoxy) is 3. The number of rotatable bonds is 4. The van der Waals surface area contributed by atoms with Crippen LogP contribution in [0.15, 0.2) is 18.2 Å². The van der Waals surface area contributed by atoms with Crippen LogP contribution in [0.2, 0.25) is 0 Å². The van der Waals surface area contributed by atoms with E-state index in [2.05, 4.69) is 5.32 Å². The number of nitrogens with one attached hydrogen (secondary N) is 1. The minimum absolute atomic E-state index is 0.0624. The molecule has 8 heteroatoms. The Morgan fingerprint density at radius 3 is 2.73 bits per heavy atom. The Kier molecular flexibility index (Phi) is 5.70. The number of hydrogen-bond donors (Lipinski definition) is 1. The van der Waals surface area contributed by atoms with Crippen molar-refractivity contribution < 1.29 is 23.8 Å². The molecule has 1 aromatic rings. The maximum absolute atomic E-state index is 12.4. The van der Waals surface area contributed by atoms with Crippen LogP contribution >= 0.6 is 0 Å². The Morgan fingerprint density at radius 2 is 2.00 bits per heavy atom. The summed E-state index contributed by atoms with van der Waals surface area (Å²) >= 11 is 0. The van der Waals surface area contributed by atoms with E-state index in [4.69, 9.17) is 14.2 Å². The number of hydrogen-bond acceptors (Lipinski definition) is 5. The number of fused-ring (bicyclic) bond motifs is 1. The number of likely N-dealkylation sites (tertiary alicyclic amines) is 1. The van der Waals surface area contributed by atoms with E-state index in [1.54, 1.807) is 23.8 Å². The molecule has 8 nitrogen and oxygen atoms in total. The van der Waals surface area contributed by atoms with Gasteiger partial charge in [0, 0.05) is 32.7 Å². The van der Waals surface area contributed by atoms with Crippen LogP contribution in [0, 0.1) is 0 Å². The number of urea groups is 1. The summed E-state index contributed by atoms with van der Waals surface area (Å²) in [5.41, 5.74) is 0.976. The molecule has 0 bridgehead atoms. The third kappa shape index (κ3) is 4.30. The van der Waals surface area contributed by atoms with E-state index >= 15 is 0 Å². The second-order valence-electron chi connectivity index (χ2n) is 6.45. The molecule has 142 valence electrons. The molecule has 0 aliphatic carbocycles. The van der Waals surface area contributed by atoms with Crippen molar-refractivity contribution in [2.24, 2.45) is 0 Å². The number of nitrogens with zero attached hydrogens (tertiary/aromatic N) is 2. The standard InChI is InChI=1S/C18H25N3O5/c1-3-24-18(23)21-8-6-14(7-9-21)19-17(22)20(2)11-13-4-5-15-16(10-13)26-12-25-15/h4-5,10,14H,3,6-9,11-12H2,1-2H3,(H,19,22). The molecule has 0 aromatic heterocycles. The fourth-order valence-corrected chi connectivity index (χ4v) is 3.09. The molecule has 2 aliphatic heterocycles. The molecule has 2 heterocycles. The van der Waals surface area contributed by atoms with Crippen molar-refractivity contribution in [3.63, 3.8) is 0 Å². The molecule has 0 spiro atoms. The summed E-state index contributed by atoms with van der Waals surface area (Å²) in [6, 6.07) is 5.61. The minimum atomic E-state index is -0.280. The number of carbonyl (C=O) groups is 2. The first-order valence-electron chi connectivity index (χ1n) is 8.88. The van der Waals surface area contributed by atoms with Gasteiger partial charge in [-0.1, -0.05) is 6.07 Å². The Hall–Kier alpha value is -2.64. The highest BCUT2D eigenvalue weighted by Crippen LogP contribution is 2.32. The number of amides is 3. The van der Waals surface area contributed by atoms with Crippen molar-refractivity contribution >= 4 is 12.1 Å². The molecule has 1 aromatic carbocycles. The van der Waals surface area contributed by atoms with Gasteiger partial charge >= 0.3 is 12.1 Å². The summed E-state index contributed by atoms with van der Waals surface area (Å²) in [4.78, 5) is 27.4. The van der Waals surface area contributed by atoms with Gasteiger partial charge < -0.3 is 29.3 Å². The van der Waals surface area contributed by atoms with Gasteiger partial charge in [-0.25, -0.2) is 9.59 Å². The van der Waals surface area contributed by atoms with Gasteiger partial charge in [0.25, 0.3) is 0 Å². The fraction of sp³-hybridized carbons (Fsp3) is 0.556. The summed E-state index contributed by atoms with van der Waals surface area (Å²) in [7, 11) is 1.76. The lowest BCUT2D eigenvalue weighted by molar-refractivity contribution is 0.0952. The van der Waals surface area contributed by atoms with Crippen LogP contribution in [0.25, 0.3) is 0 Å². The number of benzene rings is 1. The smallest absolute Gasteiger partial charge is 0.409 e. The summed E-state index contributed by atoms with van der Waals surface area (Å²) in [6.45, 7) is 4.07. The molecule has 0 unspecified atom stereocenters. The normalized spacial score (nSPS) is 16.3. The SMILES string of the molecule is CCOC(=O)N1CCC(NC(=O)N(C)Cc2ccc3c(c2)OCO3)CC1. The first kappa shape index (κ1) is 18.2. The van der Waals surface area contributed by atoms with Gasteiger partial charge in [-0.05, 0) is 37.5 Å². The predicted molar refractivity (Wildman–Crippen MR) is 94.2 cm³/mol. The molecular formula is C18H25N3O5. The quantitative estimate of drug-likeness (QED) is 0.887. The van der Waals surface area contributed by atoms with Crippen molar-refractivity contribution in [3.8, 4) is 11.5 Å². The Morgan fingerprint density at radius 1 is 1.27 bits per heavy atom. The maximum Gasteiger partial charge on any atom is 0.409 e. The first-order valence-corrected chi connectivity index (χ1v) is 8.88. The van der Waals surface area contributed by atoms with E-state index in [1.807, 2.05) is 18.2 Å². The lowest BCUT2D eigenvalue weighted by Gasteiger charge is -2.32. The van der Waals surface area contributed by atoms with Crippen LogP contribution in [-0.4, -0.2) is 61.5 Å². The van der Waals surface area contributed by atoms with Gasteiger partial charge in [0.2, 0.25) is 6.79 Å². The molecule has 1 N–H and O–H groups in total. The van der Waals surface area contributed by atoms with Crippen LogP contribution in [0.1, 0.15) is 25.3 Å². The van der Waals surface area contributed by atoms with E-state index in [-0.39, 0.29) is 25.0 Å². The molecule has 1 fully saturated rings. The molecule has 1 saturated heterocycles. The minimum Gasteiger partial charge on any atom is -0.454 e. The van der Waals surface area contributed by atoms with Crippen molar-refractivity contribution in [1.82, 2.24) is 15.1 Å². The number of carbonyl (C=O) groups excluding carboxylic acids is 2. The van der Waals surface area contributed by atoms with E-state index in [1.165, 1.54) is 0 Å². The van der Waals surface area contributed by atoms with Gasteiger partial charge in [0.1, 0.15) is 0 Å². The predicted octanol–water partition coefficient (Wildman–Crippen LogP) is 2.18. The zero-order valence-electron chi connectivity index (χ0n) is 15.2. The zero-order valence-corrected chi connectivity index (χ0v) is 15.2. The molecule has 0 saturated carbocycles. The molecule has 3 rings (SSSR count). The van der Waals surface area contributed by atoms with Gasteiger partial charge in [0.15, 0.2) is 11.5 Å². The molecule has 3 amide bonds. The monoisotopic (exact) mass is 363 g/mol. The van der Waals surface area contributed by atoms with E-state index in [9.17, 15) is 9.59 Å². The second kappa shape index (κ2) is 8.16. The third-order valence-corrected chi connectivity index (χ3v) is 4.55. The van der Waals surface area contributed by atoms with Gasteiger partial charge in [-0.3, -0.25) is 0 Å². The highest BCUT2D eigenvalue weighted by Gasteiger charge is 2.25. The highest BCUT2D eigenvalue weighted by molar-refractivity contribution is 5.74. The Bertz CT molecular complexity index is 658. The molecule has 0 radical (unpaired) electrons. The molecule has 2 aliphatic rings. The van der Waals surface area contributed by atoms with E-state index in [0.717, 1.165) is 24.2 Å². The summed E-state index contributed by atoms with van der Waals surface area (Å²) in [5.74, 6) is 1.44. The highest BCUT2D eigenvalue weighted by atomic mass is 16.7. The lowest BCUT2D eigenvalue weighted by atomic mass is 10.1. The maximum atomic E-state index is 12.4. The average molecular weight is 363 g/mol. The van der Waals surface area contributed by atoms with Crippen molar-refractivity contribution in [1.29, 1.82) is 0 Å². The lowest BCUT2D eigenvalue weighted by Crippen LogP contribution is -2.49. The molecule has 26 heavy (non-hydrogen) atoms. The average Bonchev–Trinajstić information content (AvgIpc) is 3.10. The van der Waals surface area contributed by atoms with Gasteiger partial charge in [0.05, 0.1) is 6.61 Å². The van der Waals surface area contributed by atoms with Crippen LogP contribution in [0.4, 0.5) is 9.59 Å². The van der Waals surface area contributed by atoms with Crippen molar-refractivity contribution in [2.45, 2.75) is 32.4 Å². The van der Waals surface area contributed by atoms with Crippen LogP contribution < -0.4 is 14.8 Å². The van der Waals surface area contributed by atoms with Crippen molar-refractivity contribution in [3.05, 3.63) is 23.8 Å². The summed E-state index contributed by atoms with van der Waals surface area (Å²) in [6.07, 6.45) is 1.17. The van der Waals surface area contributed by atoms with Gasteiger partial charge in [-0.2, -0.15) is 0 Å².